The van der Waals surface area contributed by atoms with E-state index in [0.717, 1.165) is 29.5 Å². The predicted octanol–water partition coefficient (Wildman–Crippen LogP) is 4.63. The molecule has 6 nitrogen and oxygen atoms in total. The summed E-state index contributed by atoms with van der Waals surface area (Å²) in [4.78, 5) is 12.4. The maximum absolute atomic E-state index is 12.4. The second kappa shape index (κ2) is 11.5. The van der Waals surface area contributed by atoms with E-state index >= 15 is 0 Å². The lowest BCUT2D eigenvalue weighted by atomic mass is 10.1. The van der Waals surface area contributed by atoms with Gasteiger partial charge in [-0.1, -0.05) is 34.1 Å². The Kier molecular flexibility index (Phi) is 8.51. The molecular weight excluding hydrogens is 460 g/mol. The number of carbonyl (C=O) groups excluding carboxylic acids is 1. The quantitative estimate of drug-likeness (QED) is 0.414. The molecule has 1 atom stereocenters. The van der Waals surface area contributed by atoms with Crippen LogP contribution in [-0.4, -0.2) is 31.8 Å². The van der Waals surface area contributed by atoms with Crippen molar-refractivity contribution in [3.8, 4) is 17.6 Å². The Bertz CT molecular complexity index is 961. The second-order valence-corrected chi connectivity index (χ2v) is 7.98. The van der Waals surface area contributed by atoms with Gasteiger partial charge in [0.1, 0.15) is 18.2 Å². The first-order valence-electron chi connectivity index (χ1n) is 10.2. The van der Waals surface area contributed by atoms with Crippen LogP contribution in [0.25, 0.3) is 6.08 Å². The van der Waals surface area contributed by atoms with Crippen molar-refractivity contribution in [1.82, 2.24) is 5.32 Å². The minimum Gasteiger partial charge on any atom is -0.490 e. The summed E-state index contributed by atoms with van der Waals surface area (Å²) in [5, 5.41) is 12.2. The SMILES string of the molecule is CCOc1cc(/C=C(\C#N)C(=O)NC[C@H]2CCCO2)ccc1OCc1ccc(Br)cc1. The summed E-state index contributed by atoms with van der Waals surface area (Å²) in [6, 6.07) is 15.2. The fourth-order valence-corrected chi connectivity index (χ4v) is 3.43. The molecule has 0 unspecified atom stereocenters. The Morgan fingerprint density at radius 1 is 1.26 bits per heavy atom. The average Bonchev–Trinajstić information content (AvgIpc) is 3.30. The number of nitriles is 1. The molecule has 1 N–H and O–H groups in total. The fourth-order valence-electron chi connectivity index (χ4n) is 3.17. The third kappa shape index (κ3) is 6.84. The van der Waals surface area contributed by atoms with Gasteiger partial charge in [-0.25, -0.2) is 0 Å². The third-order valence-corrected chi connectivity index (χ3v) is 5.29. The molecule has 0 spiro atoms. The van der Waals surface area contributed by atoms with Crippen molar-refractivity contribution in [1.29, 1.82) is 5.26 Å². The number of ether oxygens (including phenoxy) is 3. The monoisotopic (exact) mass is 484 g/mol. The van der Waals surface area contributed by atoms with Gasteiger partial charge in [0.15, 0.2) is 11.5 Å². The molecule has 31 heavy (non-hydrogen) atoms. The van der Waals surface area contributed by atoms with Gasteiger partial charge in [-0.15, -0.1) is 0 Å². The normalized spacial score (nSPS) is 15.9. The van der Waals surface area contributed by atoms with E-state index in [2.05, 4.69) is 21.2 Å². The van der Waals surface area contributed by atoms with Crippen molar-refractivity contribution < 1.29 is 19.0 Å². The molecule has 3 rings (SSSR count). The lowest BCUT2D eigenvalue weighted by Gasteiger charge is -2.13. The number of nitrogens with one attached hydrogen (secondary N) is 1. The summed E-state index contributed by atoms with van der Waals surface area (Å²) in [5.41, 5.74) is 1.75. The Balaban J connectivity index is 1.69. The number of rotatable bonds is 9. The van der Waals surface area contributed by atoms with E-state index in [1.807, 2.05) is 37.3 Å². The van der Waals surface area contributed by atoms with Crippen molar-refractivity contribution in [2.75, 3.05) is 19.8 Å². The predicted molar refractivity (Wildman–Crippen MR) is 122 cm³/mol. The Morgan fingerprint density at radius 2 is 2.06 bits per heavy atom. The zero-order chi connectivity index (χ0) is 22.1. The van der Waals surface area contributed by atoms with Crippen LogP contribution in [-0.2, 0) is 16.1 Å². The zero-order valence-electron chi connectivity index (χ0n) is 17.4. The fraction of sp³-hybridized carbons (Fsp3) is 0.333. The molecule has 1 saturated heterocycles. The van der Waals surface area contributed by atoms with Gasteiger partial charge in [-0.05, 0) is 61.2 Å². The standard InChI is InChI=1S/C24H25BrN2O4/c1-2-29-23-13-18(7-10-22(23)31-16-17-5-8-20(25)9-6-17)12-19(14-26)24(28)27-15-21-4-3-11-30-21/h5-10,12-13,21H,2-4,11,15-16H2,1H3,(H,27,28)/b19-12+/t21-/m1/s1. The van der Waals surface area contributed by atoms with Crippen molar-refractivity contribution in [3.63, 3.8) is 0 Å². The molecule has 2 aromatic carbocycles. The zero-order valence-corrected chi connectivity index (χ0v) is 19.0. The largest absolute Gasteiger partial charge is 0.490 e. The van der Waals surface area contributed by atoms with Gasteiger partial charge in [0, 0.05) is 17.6 Å². The molecule has 0 bridgehead atoms. The van der Waals surface area contributed by atoms with E-state index < -0.39 is 5.91 Å². The van der Waals surface area contributed by atoms with Gasteiger partial charge in [-0.3, -0.25) is 4.79 Å². The van der Waals surface area contributed by atoms with Crippen molar-refractivity contribution in [2.24, 2.45) is 0 Å². The molecule has 0 aliphatic carbocycles. The van der Waals surface area contributed by atoms with Gasteiger partial charge in [-0.2, -0.15) is 5.26 Å². The lowest BCUT2D eigenvalue weighted by Crippen LogP contribution is -2.32. The van der Waals surface area contributed by atoms with Crippen LogP contribution in [0.3, 0.4) is 0 Å². The number of amides is 1. The molecular formula is C24H25BrN2O4. The van der Waals surface area contributed by atoms with E-state index in [1.54, 1.807) is 24.3 Å². The first-order valence-corrected chi connectivity index (χ1v) is 11.0. The molecule has 1 aliphatic rings. The van der Waals surface area contributed by atoms with Crippen LogP contribution in [0.5, 0.6) is 11.5 Å². The number of hydrogen-bond donors (Lipinski definition) is 1. The number of benzene rings is 2. The van der Waals surface area contributed by atoms with Crippen LogP contribution in [0, 0.1) is 11.3 Å². The van der Waals surface area contributed by atoms with E-state index in [9.17, 15) is 10.1 Å². The maximum Gasteiger partial charge on any atom is 0.262 e. The van der Waals surface area contributed by atoms with Crippen molar-refractivity contribution >= 4 is 27.9 Å². The molecule has 162 valence electrons. The van der Waals surface area contributed by atoms with Gasteiger partial charge >= 0.3 is 0 Å². The lowest BCUT2D eigenvalue weighted by molar-refractivity contribution is -0.117. The molecule has 1 heterocycles. The highest BCUT2D eigenvalue weighted by atomic mass is 79.9. The van der Waals surface area contributed by atoms with E-state index in [-0.39, 0.29) is 11.7 Å². The summed E-state index contributed by atoms with van der Waals surface area (Å²) < 4.78 is 18.2. The number of hydrogen-bond acceptors (Lipinski definition) is 5. The van der Waals surface area contributed by atoms with Crippen LogP contribution in [0.15, 0.2) is 52.5 Å². The van der Waals surface area contributed by atoms with Gasteiger partial charge in [0.25, 0.3) is 5.91 Å². The molecule has 0 aromatic heterocycles. The van der Waals surface area contributed by atoms with Crippen LogP contribution in [0.4, 0.5) is 0 Å². The molecule has 7 heteroatoms. The highest BCUT2D eigenvalue weighted by Crippen LogP contribution is 2.30. The van der Waals surface area contributed by atoms with Crippen LogP contribution >= 0.6 is 15.9 Å². The Labute approximate surface area is 190 Å². The summed E-state index contributed by atoms with van der Waals surface area (Å²) >= 11 is 3.42. The number of nitrogens with zero attached hydrogens (tertiary/aromatic N) is 1. The van der Waals surface area contributed by atoms with Crippen LogP contribution in [0.2, 0.25) is 0 Å². The van der Waals surface area contributed by atoms with Gasteiger partial charge in [0.05, 0.1) is 12.7 Å². The number of halogens is 1. The van der Waals surface area contributed by atoms with E-state index in [1.165, 1.54) is 0 Å². The highest BCUT2D eigenvalue weighted by molar-refractivity contribution is 9.10. The molecule has 0 saturated carbocycles. The smallest absolute Gasteiger partial charge is 0.262 e. The molecule has 1 fully saturated rings. The van der Waals surface area contributed by atoms with E-state index in [0.29, 0.717) is 36.8 Å². The van der Waals surface area contributed by atoms with Crippen LogP contribution in [0.1, 0.15) is 30.9 Å². The molecule has 0 radical (unpaired) electrons. The van der Waals surface area contributed by atoms with Crippen molar-refractivity contribution in [2.45, 2.75) is 32.5 Å². The minimum atomic E-state index is -0.411. The molecule has 2 aromatic rings. The van der Waals surface area contributed by atoms with E-state index in [4.69, 9.17) is 14.2 Å². The topological polar surface area (TPSA) is 80.6 Å². The highest BCUT2D eigenvalue weighted by Gasteiger charge is 2.18. The summed E-state index contributed by atoms with van der Waals surface area (Å²) in [7, 11) is 0. The summed E-state index contributed by atoms with van der Waals surface area (Å²) in [5.74, 6) is 0.750. The van der Waals surface area contributed by atoms with Gasteiger partial charge < -0.3 is 19.5 Å². The van der Waals surface area contributed by atoms with Crippen molar-refractivity contribution in [3.05, 3.63) is 63.6 Å². The molecule has 1 aliphatic heterocycles. The Morgan fingerprint density at radius 3 is 2.74 bits per heavy atom. The average molecular weight is 485 g/mol. The summed E-state index contributed by atoms with van der Waals surface area (Å²) in [6.45, 7) is 3.88. The number of carbonyl (C=O) groups is 1. The first-order chi connectivity index (χ1) is 15.1. The first kappa shape index (κ1) is 22.9. The maximum atomic E-state index is 12.4. The second-order valence-electron chi connectivity index (χ2n) is 7.07. The van der Waals surface area contributed by atoms with Gasteiger partial charge in [0.2, 0.25) is 0 Å². The van der Waals surface area contributed by atoms with Crippen LogP contribution < -0.4 is 14.8 Å². The molecule has 1 amide bonds. The Hall–Kier alpha value is -2.82. The summed E-state index contributed by atoms with van der Waals surface area (Å²) in [6.07, 6.45) is 3.49. The third-order valence-electron chi connectivity index (χ3n) is 4.77. The minimum absolute atomic E-state index is 0.0237.